The molecule has 1 atom stereocenters. The van der Waals surface area contributed by atoms with Gasteiger partial charge in [0.25, 0.3) is 0 Å². The molecular formula is C18H26BrNO4. The lowest BCUT2D eigenvalue weighted by atomic mass is 10.0. The van der Waals surface area contributed by atoms with Crippen molar-refractivity contribution in [2.75, 3.05) is 18.5 Å². The SMILES string of the molecule is CCOC(=O)[C@H](CC(C)C)N(CCBr)C(=O)OCc1ccccc1. The molecule has 1 rings (SSSR count). The summed E-state index contributed by atoms with van der Waals surface area (Å²) in [6.45, 7) is 6.61. The number of alkyl halides is 1. The number of amides is 1. The van der Waals surface area contributed by atoms with E-state index in [9.17, 15) is 9.59 Å². The van der Waals surface area contributed by atoms with Gasteiger partial charge in [-0.25, -0.2) is 9.59 Å². The first-order valence-electron chi connectivity index (χ1n) is 8.19. The summed E-state index contributed by atoms with van der Waals surface area (Å²) in [6.07, 6.45) is 0.0312. The molecule has 0 saturated heterocycles. The largest absolute Gasteiger partial charge is 0.464 e. The van der Waals surface area contributed by atoms with Gasteiger partial charge in [0.15, 0.2) is 0 Å². The Morgan fingerprint density at radius 2 is 1.83 bits per heavy atom. The number of hydrogen-bond donors (Lipinski definition) is 0. The van der Waals surface area contributed by atoms with E-state index >= 15 is 0 Å². The third-order valence-corrected chi connectivity index (χ3v) is 3.75. The second-order valence-corrected chi connectivity index (χ2v) is 6.61. The van der Waals surface area contributed by atoms with E-state index < -0.39 is 12.1 Å². The Morgan fingerprint density at radius 1 is 1.17 bits per heavy atom. The monoisotopic (exact) mass is 399 g/mol. The van der Waals surface area contributed by atoms with E-state index in [2.05, 4.69) is 15.9 Å². The molecule has 0 radical (unpaired) electrons. The molecule has 0 fully saturated rings. The van der Waals surface area contributed by atoms with Gasteiger partial charge in [0.05, 0.1) is 6.61 Å². The van der Waals surface area contributed by atoms with Crippen LogP contribution in [-0.4, -0.2) is 41.5 Å². The van der Waals surface area contributed by atoms with Crippen LogP contribution in [0, 0.1) is 5.92 Å². The van der Waals surface area contributed by atoms with Crippen LogP contribution in [0.15, 0.2) is 30.3 Å². The van der Waals surface area contributed by atoms with Crippen LogP contribution in [0.1, 0.15) is 32.8 Å². The number of carbonyl (C=O) groups is 2. The average molecular weight is 400 g/mol. The van der Waals surface area contributed by atoms with Crippen molar-refractivity contribution in [2.24, 2.45) is 5.92 Å². The Balaban J connectivity index is 2.82. The maximum absolute atomic E-state index is 12.5. The molecule has 0 aliphatic carbocycles. The number of halogens is 1. The molecule has 1 aromatic rings. The number of benzene rings is 1. The predicted octanol–water partition coefficient (Wildman–Crippen LogP) is 4.00. The van der Waals surface area contributed by atoms with E-state index in [0.717, 1.165) is 5.56 Å². The lowest BCUT2D eigenvalue weighted by molar-refractivity contribution is -0.149. The highest BCUT2D eigenvalue weighted by Crippen LogP contribution is 2.16. The first kappa shape index (κ1) is 20.5. The van der Waals surface area contributed by atoms with Crippen LogP contribution >= 0.6 is 15.9 Å². The molecule has 134 valence electrons. The first-order valence-corrected chi connectivity index (χ1v) is 9.31. The van der Waals surface area contributed by atoms with Crippen molar-refractivity contribution in [1.29, 1.82) is 0 Å². The molecule has 1 aromatic carbocycles. The van der Waals surface area contributed by atoms with Gasteiger partial charge in [-0.1, -0.05) is 60.1 Å². The topological polar surface area (TPSA) is 55.8 Å². The van der Waals surface area contributed by atoms with Crippen LogP contribution in [0.25, 0.3) is 0 Å². The molecule has 0 N–H and O–H groups in total. The highest BCUT2D eigenvalue weighted by molar-refractivity contribution is 9.09. The molecule has 0 bridgehead atoms. The summed E-state index contributed by atoms with van der Waals surface area (Å²) >= 11 is 3.34. The molecule has 0 aliphatic rings. The van der Waals surface area contributed by atoms with Gasteiger partial charge in [-0.05, 0) is 24.8 Å². The number of nitrogens with zero attached hydrogens (tertiary/aromatic N) is 1. The minimum absolute atomic E-state index is 0.176. The van der Waals surface area contributed by atoms with Crippen molar-refractivity contribution >= 4 is 28.0 Å². The average Bonchev–Trinajstić information content (AvgIpc) is 2.56. The van der Waals surface area contributed by atoms with E-state index in [0.29, 0.717) is 18.3 Å². The zero-order valence-corrected chi connectivity index (χ0v) is 16.1. The van der Waals surface area contributed by atoms with E-state index in [1.807, 2.05) is 44.2 Å². The Labute approximate surface area is 152 Å². The predicted molar refractivity (Wildman–Crippen MR) is 97.0 cm³/mol. The zero-order valence-electron chi connectivity index (χ0n) is 14.5. The van der Waals surface area contributed by atoms with Gasteiger partial charge < -0.3 is 9.47 Å². The van der Waals surface area contributed by atoms with E-state index in [1.54, 1.807) is 6.92 Å². The van der Waals surface area contributed by atoms with Crippen LogP contribution in [0.3, 0.4) is 0 Å². The van der Waals surface area contributed by atoms with Crippen LogP contribution in [0.5, 0.6) is 0 Å². The summed E-state index contributed by atoms with van der Waals surface area (Å²) in [5.41, 5.74) is 0.904. The molecule has 24 heavy (non-hydrogen) atoms. The van der Waals surface area contributed by atoms with E-state index in [1.165, 1.54) is 4.90 Å². The molecule has 0 heterocycles. The number of ether oxygens (including phenoxy) is 2. The van der Waals surface area contributed by atoms with Crippen molar-refractivity contribution in [3.8, 4) is 0 Å². The van der Waals surface area contributed by atoms with Crippen LogP contribution in [-0.2, 0) is 20.9 Å². The third-order valence-electron chi connectivity index (χ3n) is 3.39. The Morgan fingerprint density at radius 3 is 2.38 bits per heavy atom. The minimum atomic E-state index is -0.634. The minimum Gasteiger partial charge on any atom is -0.464 e. The van der Waals surface area contributed by atoms with Crippen molar-refractivity contribution < 1.29 is 19.1 Å². The standard InChI is InChI=1S/C18H26BrNO4/c1-4-23-17(21)16(12-14(2)3)20(11-10-19)18(22)24-13-15-8-6-5-7-9-15/h5-9,14,16H,4,10-13H2,1-3H3/t16-/m0/s1. The normalized spacial score (nSPS) is 11.9. The van der Waals surface area contributed by atoms with Crippen LogP contribution in [0.2, 0.25) is 0 Å². The summed E-state index contributed by atoms with van der Waals surface area (Å²) in [6, 6.07) is 8.82. The summed E-state index contributed by atoms with van der Waals surface area (Å²) in [5, 5.41) is 0.557. The second-order valence-electron chi connectivity index (χ2n) is 5.82. The van der Waals surface area contributed by atoms with Crippen molar-refractivity contribution in [3.63, 3.8) is 0 Å². The van der Waals surface area contributed by atoms with Gasteiger partial charge in [-0.15, -0.1) is 0 Å². The molecule has 0 unspecified atom stereocenters. The quantitative estimate of drug-likeness (QED) is 0.465. The van der Waals surface area contributed by atoms with Gasteiger partial charge >= 0.3 is 12.1 Å². The van der Waals surface area contributed by atoms with Gasteiger partial charge in [0.2, 0.25) is 0 Å². The summed E-state index contributed by atoms with van der Waals surface area (Å²) in [5.74, 6) is -0.136. The van der Waals surface area contributed by atoms with Gasteiger partial charge in [-0.3, -0.25) is 4.90 Å². The zero-order chi connectivity index (χ0) is 17.9. The Bertz CT molecular complexity index is 507. The van der Waals surface area contributed by atoms with Crippen LogP contribution < -0.4 is 0 Å². The number of esters is 1. The molecule has 5 nitrogen and oxygen atoms in total. The number of hydrogen-bond acceptors (Lipinski definition) is 4. The summed E-state index contributed by atoms with van der Waals surface area (Å²) in [7, 11) is 0. The molecular weight excluding hydrogens is 374 g/mol. The number of rotatable bonds is 9. The maximum atomic E-state index is 12.5. The van der Waals surface area contributed by atoms with Gasteiger partial charge in [0, 0.05) is 11.9 Å². The van der Waals surface area contributed by atoms with Crippen molar-refractivity contribution in [1.82, 2.24) is 4.90 Å². The third kappa shape index (κ3) is 6.91. The Kier molecular flexibility index (Phi) is 9.45. The van der Waals surface area contributed by atoms with Gasteiger partial charge in [-0.2, -0.15) is 0 Å². The lowest BCUT2D eigenvalue weighted by Gasteiger charge is -2.30. The fourth-order valence-electron chi connectivity index (χ4n) is 2.30. The fraction of sp³-hybridized carbons (Fsp3) is 0.556. The van der Waals surface area contributed by atoms with Crippen molar-refractivity contribution in [3.05, 3.63) is 35.9 Å². The maximum Gasteiger partial charge on any atom is 0.410 e. The number of carbonyl (C=O) groups excluding carboxylic acids is 2. The molecule has 0 spiro atoms. The van der Waals surface area contributed by atoms with Crippen LogP contribution in [0.4, 0.5) is 4.79 Å². The Hall–Kier alpha value is -1.56. The molecule has 0 saturated carbocycles. The molecule has 0 aliphatic heterocycles. The summed E-state index contributed by atoms with van der Waals surface area (Å²) in [4.78, 5) is 26.3. The summed E-state index contributed by atoms with van der Waals surface area (Å²) < 4.78 is 10.5. The fourth-order valence-corrected chi connectivity index (χ4v) is 2.69. The van der Waals surface area contributed by atoms with E-state index in [-0.39, 0.29) is 25.1 Å². The molecule has 6 heteroatoms. The highest BCUT2D eigenvalue weighted by atomic mass is 79.9. The van der Waals surface area contributed by atoms with Gasteiger partial charge in [0.1, 0.15) is 12.6 Å². The second kappa shape index (κ2) is 11.1. The first-order chi connectivity index (χ1) is 11.5. The van der Waals surface area contributed by atoms with Crippen molar-refractivity contribution in [2.45, 2.75) is 39.8 Å². The van der Waals surface area contributed by atoms with E-state index in [4.69, 9.17) is 9.47 Å². The lowest BCUT2D eigenvalue weighted by Crippen LogP contribution is -2.47. The molecule has 0 aromatic heterocycles. The molecule has 1 amide bonds. The highest BCUT2D eigenvalue weighted by Gasteiger charge is 2.32. The smallest absolute Gasteiger partial charge is 0.410 e.